The van der Waals surface area contributed by atoms with E-state index in [-0.39, 0.29) is 12.1 Å². The Hall–Kier alpha value is -2.12. The van der Waals surface area contributed by atoms with Crippen molar-refractivity contribution in [2.45, 2.75) is 13.8 Å². The molecule has 0 N–H and O–H groups in total. The van der Waals surface area contributed by atoms with Gasteiger partial charge in [0.1, 0.15) is 6.07 Å². The normalized spacial score (nSPS) is 9.00. The first-order chi connectivity index (χ1) is 7.43. The number of nitrogens with zero attached hydrogens (tertiary/aromatic N) is 2. The Morgan fingerprint density at radius 3 is 1.50 bits per heavy atom. The van der Waals surface area contributed by atoms with Crippen LogP contribution in [0.1, 0.15) is 13.8 Å². The molecule has 0 aliphatic heterocycles. The number of nitro groups is 2. The van der Waals surface area contributed by atoms with Gasteiger partial charge in [0.05, 0.1) is 9.85 Å². The van der Waals surface area contributed by atoms with Gasteiger partial charge in [-0.1, -0.05) is 13.8 Å². The molecule has 0 atom stereocenters. The van der Waals surface area contributed by atoms with Gasteiger partial charge in [-0.25, -0.2) is 0 Å². The van der Waals surface area contributed by atoms with Gasteiger partial charge in [0.15, 0.2) is 0 Å². The average Bonchev–Trinajstić information content (AvgIpc) is 2.19. The molecule has 0 radical (unpaired) electrons. The van der Waals surface area contributed by atoms with Crippen molar-refractivity contribution in [3.05, 3.63) is 44.0 Å². The van der Waals surface area contributed by atoms with Gasteiger partial charge < -0.3 is 0 Å². The second-order valence-electron chi connectivity index (χ2n) is 2.27. The van der Waals surface area contributed by atoms with Crippen LogP contribution >= 0.6 is 0 Å². The average molecular weight is 234 g/mol. The van der Waals surface area contributed by atoms with E-state index in [0.717, 1.165) is 0 Å². The van der Waals surface area contributed by atoms with E-state index in [0.29, 0.717) is 0 Å². The fourth-order valence-electron chi connectivity index (χ4n) is 0.806. The Morgan fingerprint density at radius 1 is 0.938 bits per heavy atom. The van der Waals surface area contributed by atoms with Crippen LogP contribution in [0.2, 0.25) is 0 Å². The van der Waals surface area contributed by atoms with Crippen molar-refractivity contribution in [2.75, 3.05) is 0 Å². The summed E-state index contributed by atoms with van der Waals surface area (Å²) in [6, 6.07) is 0.348. The molecule has 0 saturated heterocycles. The van der Waals surface area contributed by atoms with Gasteiger partial charge in [-0.15, -0.1) is 0 Å². The van der Waals surface area contributed by atoms with Crippen LogP contribution in [0.25, 0.3) is 0 Å². The number of rotatable bonds is 2. The highest BCUT2D eigenvalue weighted by Crippen LogP contribution is 2.26. The molecule has 16 heavy (non-hydrogen) atoms. The number of benzene rings is 1. The van der Waals surface area contributed by atoms with E-state index >= 15 is 0 Å². The summed E-state index contributed by atoms with van der Waals surface area (Å²) in [5.74, 6) is -2.89. The van der Waals surface area contributed by atoms with Crippen molar-refractivity contribution in [2.24, 2.45) is 0 Å². The SMILES string of the molecule is CC.O=[N+]([O-])c1cc([N+](=O)[O-])c(F)cc1F. The van der Waals surface area contributed by atoms with Gasteiger partial charge in [0.2, 0.25) is 11.6 Å². The highest BCUT2D eigenvalue weighted by Gasteiger charge is 2.24. The summed E-state index contributed by atoms with van der Waals surface area (Å²) in [6.45, 7) is 4.00. The summed E-state index contributed by atoms with van der Waals surface area (Å²) in [5.41, 5.74) is -2.25. The van der Waals surface area contributed by atoms with Crippen molar-refractivity contribution >= 4 is 11.4 Å². The van der Waals surface area contributed by atoms with Gasteiger partial charge in [-0.05, 0) is 0 Å². The molecule has 0 saturated carbocycles. The van der Waals surface area contributed by atoms with E-state index in [1.165, 1.54) is 0 Å². The minimum atomic E-state index is -1.45. The molecule has 0 aromatic heterocycles. The van der Waals surface area contributed by atoms with Crippen molar-refractivity contribution in [3.63, 3.8) is 0 Å². The molecule has 0 unspecified atom stereocenters. The molecule has 0 amide bonds. The molecule has 1 aromatic carbocycles. The van der Waals surface area contributed by atoms with Gasteiger partial charge in [-0.3, -0.25) is 20.2 Å². The lowest BCUT2D eigenvalue weighted by Crippen LogP contribution is -1.98. The summed E-state index contributed by atoms with van der Waals surface area (Å²) in [6.07, 6.45) is 0. The second-order valence-corrected chi connectivity index (χ2v) is 2.27. The molecule has 1 aromatic rings. The Balaban J connectivity index is 0.00000106. The first-order valence-electron chi connectivity index (χ1n) is 4.21. The maximum absolute atomic E-state index is 12.6. The Labute approximate surface area is 88.8 Å². The molecular formula is C8H8F2N2O4. The molecule has 0 bridgehead atoms. The van der Waals surface area contributed by atoms with Crippen molar-refractivity contribution < 1.29 is 18.6 Å². The molecular weight excluding hydrogens is 226 g/mol. The molecule has 0 fully saturated rings. The van der Waals surface area contributed by atoms with Crippen molar-refractivity contribution in [1.82, 2.24) is 0 Å². The predicted molar refractivity (Wildman–Crippen MR) is 51.0 cm³/mol. The predicted octanol–water partition coefficient (Wildman–Crippen LogP) is 2.81. The Morgan fingerprint density at radius 2 is 1.25 bits per heavy atom. The zero-order valence-electron chi connectivity index (χ0n) is 8.44. The van der Waals surface area contributed by atoms with E-state index < -0.39 is 32.9 Å². The minimum Gasteiger partial charge on any atom is -0.258 e. The third-order valence-electron chi connectivity index (χ3n) is 1.41. The third kappa shape index (κ3) is 2.94. The van der Waals surface area contributed by atoms with Gasteiger partial charge in [-0.2, -0.15) is 8.78 Å². The van der Waals surface area contributed by atoms with Gasteiger partial charge in [0, 0.05) is 6.07 Å². The zero-order chi connectivity index (χ0) is 12.9. The zero-order valence-corrected chi connectivity index (χ0v) is 8.44. The van der Waals surface area contributed by atoms with Crippen LogP contribution in [0.5, 0.6) is 0 Å². The number of hydrogen-bond donors (Lipinski definition) is 0. The largest absolute Gasteiger partial charge is 0.311 e. The quantitative estimate of drug-likeness (QED) is 0.581. The number of hydrogen-bond acceptors (Lipinski definition) is 4. The van der Waals surface area contributed by atoms with Crippen LogP contribution < -0.4 is 0 Å². The summed E-state index contributed by atoms with van der Waals surface area (Å²) in [5, 5.41) is 20.3. The Bertz CT molecular complexity index is 387. The summed E-state index contributed by atoms with van der Waals surface area (Å²) in [4.78, 5) is 17.9. The highest BCUT2D eigenvalue weighted by atomic mass is 19.1. The monoisotopic (exact) mass is 234 g/mol. The van der Waals surface area contributed by atoms with E-state index in [1.807, 2.05) is 13.8 Å². The first-order valence-corrected chi connectivity index (χ1v) is 4.21. The van der Waals surface area contributed by atoms with Crippen molar-refractivity contribution in [1.29, 1.82) is 0 Å². The van der Waals surface area contributed by atoms with Crippen LogP contribution in [0, 0.1) is 31.9 Å². The maximum atomic E-state index is 12.6. The first kappa shape index (κ1) is 13.9. The summed E-state index contributed by atoms with van der Waals surface area (Å²) in [7, 11) is 0. The lowest BCUT2D eigenvalue weighted by Gasteiger charge is -1.95. The fourth-order valence-corrected chi connectivity index (χ4v) is 0.806. The standard InChI is InChI=1S/C6H2F2N2O4.C2H6/c7-3-1-4(8)6(10(13)14)2-5(3)9(11)12;1-2/h1-2H;1-2H3. The molecule has 6 nitrogen and oxygen atoms in total. The van der Waals surface area contributed by atoms with Crippen LogP contribution in [-0.2, 0) is 0 Å². The van der Waals surface area contributed by atoms with Crippen LogP contribution in [-0.4, -0.2) is 9.85 Å². The van der Waals surface area contributed by atoms with E-state index in [1.54, 1.807) is 0 Å². The minimum absolute atomic E-state index is 0.107. The van der Waals surface area contributed by atoms with Crippen LogP contribution in [0.3, 0.4) is 0 Å². The third-order valence-corrected chi connectivity index (χ3v) is 1.41. The number of halogens is 2. The molecule has 0 aliphatic carbocycles. The van der Waals surface area contributed by atoms with Gasteiger partial charge >= 0.3 is 11.4 Å². The smallest absolute Gasteiger partial charge is 0.258 e. The van der Waals surface area contributed by atoms with Gasteiger partial charge in [0.25, 0.3) is 0 Å². The second kappa shape index (κ2) is 5.69. The highest BCUT2D eigenvalue weighted by molar-refractivity contribution is 5.44. The molecule has 0 spiro atoms. The Kier molecular flexibility index (Phi) is 4.93. The lowest BCUT2D eigenvalue weighted by molar-refractivity contribution is -0.397. The topological polar surface area (TPSA) is 86.3 Å². The van der Waals surface area contributed by atoms with Crippen molar-refractivity contribution in [3.8, 4) is 0 Å². The summed E-state index contributed by atoms with van der Waals surface area (Å²) < 4.78 is 25.3. The van der Waals surface area contributed by atoms with E-state index in [2.05, 4.69) is 0 Å². The molecule has 8 heteroatoms. The van der Waals surface area contributed by atoms with E-state index in [4.69, 9.17) is 0 Å². The van der Waals surface area contributed by atoms with E-state index in [9.17, 15) is 29.0 Å². The van der Waals surface area contributed by atoms with Crippen LogP contribution in [0.15, 0.2) is 12.1 Å². The molecule has 88 valence electrons. The molecule has 0 aliphatic rings. The lowest BCUT2D eigenvalue weighted by atomic mass is 10.2. The molecule has 1 rings (SSSR count). The summed E-state index contributed by atoms with van der Waals surface area (Å²) >= 11 is 0. The number of nitro benzene ring substituents is 2. The fraction of sp³-hybridized carbons (Fsp3) is 0.250. The van der Waals surface area contributed by atoms with Crippen LogP contribution in [0.4, 0.5) is 20.2 Å². The maximum Gasteiger partial charge on any atom is 0.311 e. The molecule has 0 heterocycles.